The molecule has 0 aromatic carbocycles. The summed E-state index contributed by atoms with van der Waals surface area (Å²) in [5, 5.41) is 0. The highest BCUT2D eigenvalue weighted by atomic mass is 16.6. The van der Waals surface area contributed by atoms with Crippen LogP contribution in [-0.4, -0.2) is 37.9 Å². The lowest BCUT2D eigenvalue weighted by Gasteiger charge is -2.27. The number of esters is 2. The molecule has 5 heteroatoms. The molecular weight excluding hydrogens is 200 g/mol. The van der Waals surface area contributed by atoms with Gasteiger partial charge in [0.1, 0.15) is 6.10 Å². The van der Waals surface area contributed by atoms with Crippen LogP contribution in [-0.2, 0) is 23.8 Å². The molecule has 1 heterocycles. The number of carbonyl (C=O) groups is 2. The van der Waals surface area contributed by atoms with Gasteiger partial charge in [-0.15, -0.1) is 0 Å². The minimum absolute atomic E-state index is 0.366. The van der Waals surface area contributed by atoms with Crippen molar-refractivity contribution in [2.75, 3.05) is 13.7 Å². The Morgan fingerprint density at radius 3 is 2.60 bits per heavy atom. The van der Waals surface area contributed by atoms with E-state index in [1.807, 2.05) is 0 Å². The van der Waals surface area contributed by atoms with E-state index in [1.54, 1.807) is 0 Å². The van der Waals surface area contributed by atoms with Gasteiger partial charge in [0.2, 0.25) is 6.10 Å². The van der Waals surface area contributed by atoms with Crippen molar-refractivity contribution < 1.29 is 23.8 Å². The Bertz CT molecular complexity index is 232. The molecule has 0 amide bonds. The van der Waals surface area contributed by atoms with Crippen LogP contribution in [0.2, 0.25) is 0 Å². The molecule has 86 valence electrons. The fourth-order valence-corrected chi connectivity index (χ4v) is 1.58. The van der Waals surface area contributed by atoms with Crippen molar-refractivity contribution in [2.24, 2.45) is 0 Å². The highest BCUT2D eigenvalue weighted by Crippen LogP contribution is 2.18. The van der Waals surface area contributed by atoms with Gasteiger partial charge in [0, 0.05) is 13.5 Å². The number of rotatable bonds is 3. The number of hydrogen-bond acceptors (Lipinski definition) is 5. The normalized spacial score (nSPS) is 22.9. The molecule has 2 atom stereocenters. The van der Waals surface area contributed by atoms with Gasteiger partial charge in [0.25, 0.3) is 0 Å². The lowest BCUT2D eigenvalue weighted by molar-refractivity contribution is -0.177. The fourth-order valence-electron chi connectivity index (χ4n) is 1.58. The summed E-state index contributed by atoms with van der Waals surface area (Å²) in [4.78, 5) is 22.2. The van der Waals surface area contributed by atoms with Crippen LogP contribution in [0.5, 0.6) is 0 Å². The molecule has 0 aromatic heterocycles. The largest absolute Gasteiger partial charge is 0.466 e. The van der Waals surface area contributed by atoms with Crippen molar-refractivity contribution >= 4 is 11.9 Å². The maximum Gasteiger partial charge on any atom is 0.349 e. The van der Waals surface area contributed by atoms with Crippen LogP contribution >= 0.6 is 0 Å². The number of hydrogen-bond donors (Lipinski definition) is 0. The maximum atomic E-state index is 11.4. The zero-order chi connectivity index (χ0) is 11.3. The third-order valence-corrected chi connectivity index (χ3v) is 2.28. The Morgan fingerprint density at radius 1 is 1.40 bits per heavy atom. The first-order valence-corrected chi connectivity index (χ1v) is 5.02. The molecule has 0 aliphatic carbocycles. The molecule has 0 aromatic rings. The van der Waals surface area contributed by atoms with Crippen molar-refractivity contribution in [1.29, 1.82) is 0 Å². The van der Waals surface area contributed by atoms with Gasteiger partial charge in [-0.25, -0.2) is 4.79 Å². The number of carbonyl (C=O) groups excluding carboxylic acids is 2. The average Bonchev–Trinajstić information content (AvgIpc) is 2.26. The second kappa shape index (κ2) is 5.70. The molecule has 0 bridgehead atoms. The second-order valence-corrected chi connectivity index (χ2v) is 3.46. The van der Waals surface area contributed by atoms with Crippen LogP contribution in [0.4, 0.5) is 0 Å². The van der Waals surface area contributed by atoms with Gasteiger partial charge in [-0.3, -0.25) is 4.79 Å². The molecule has 0 spiro atoms. The highest BCUT2D eigenvalue weighted by molar-refractivity contribution is 5.79. The van der Waals surface area contributed by atoms with E-state index in [0.717, 1.165) is 12.8 Å². The molecule has 1 rings (SSSR count). The predicted octanol–water partition coefficient (Wildman–Crippen LogP) is 0.660. The Hall–Kier alpha value is -1.10. The zero-order valence-corrected chi connectivity index (χ0v) is 9.02. The van der Waals surface area contributed by atoms with Crippen LogP contribution in [0.3, 0.4) is 0 Å². The molecular formula is C10H16O5. The molecule has 1 aliphatic rings. The van der Waals surface area contributed by atoms with Crippen molar-refractivity contribution in [3.05, 3.63) is 0 Å². The van der Waals surface area contributed by atoms with Crippen molar-refractivity contribution in [3.8, 4) is 0 Å². The van der Waals surface area contributed by atoms with E-state index in [0.29, 0.717) is 13.0 Å². The molecule has 5 nitrogen and oxygen atoms in total. The first kappa shape index (κ1) is 12.0. The van der Waals surface area contributed by atoms with Gasteiger partial charge in [-0.1, -0.05) is 0 Å². The Morgan fingerprint density at radius 2 is 2.13 bits per heavy atom. The first-order chi connectivity index (χ1) is 7.15. The summed E-state index contributed by atoms with van der Waals surface area (Å²) in [6.45, 7) is 1.86. The van der Waals surface area contributed by atoms with E-state index in [2.05, 4.69) is 4.74 Å². The summed E-state index contributed by atoms with van der Waals surface area (Å²) in [6, 6.07) is 0. The number of methoxy groups -OCH3 is 1. The second-order valence-electron chi connectivity index (χ2n) is 3.46. The standard InChI is InChI=1S/C10H16O5/c1-7(11)15-9(10(12)13-2)8-5-3-4-6-14-8/h8-9H,3-6H2,1-2H3. The average molecular weight is 216 g/mol. The van der Waals surface area contributed by atoms with Crippen molar-refractivity contribution in [1.82, 2.24) is 0 Å². The van der Waals surface area contributed by atoms with Gasteiger partial charge in [-0.2, -0.15) is 0 Å². The predicted molar refractivity (Wildman–Crippen MR) is 51.2 cm³/mol. The molecule has 1 saturated heterocycles. The maximum absolute atomic E-state index is 11.4. The molecule has 2 unspecified atom stereocenters. The summed E-state index contributed by atoms with van der Waals surface area (Å²) >= 11 is 0. The highest BCUT2D eigenvalue weighted by Gasteiger charge is 2.34. The summed E-state index contributed by atoms with van der Waals surface area (Å²) in [6.07, 6.45) is 1.37. The van der Waals surface area contributed by atoms with Crippen LogP contribution in [0.15, 0.2) is 0 Å². The van der Waals surface area contributed by atoms with E-state index in [1.165, 1.54) is 14.0 Å². The summed E-state index contributed by atoms with van der Waals surface area (Å²) in [7, 11) is 1.27. The minimum Gasteiger partial charge on any atom is -0.466 e. The Kier molecular flexibility index (Phi) is 4.55. The minimum atomic E-state index is -0.923. The van der Waals surface area contributed by atoms with Gasteiger partial charge in [0.05, 0.1) is 7.11 Å². The van der Waals surface area contributed by atoms with E-state index < -0.39 is 18.0 Å². The summed E-state index contributed by atoms with van der Waals surface area (Å²) in [5.41, 5.74) is 0. The van der Waals surface area contributed by atoms with Gasteiger partial charge in [0.15, 0.2) is 0 Å². The van der Waals surface area contributed by atoms with Crippen LogP contribution in [0, 0.1) is 0 Å². The zero-order valence-electron chi connectivity index (χ0n) is 9.02. The molecule has 0 saturated carbocycles. The quantitative estimate of drug-likeness (QED) is 0.648. The molecule has 1 fully saturated rings. The third kappa shape index (κ3) is 3.51. The van der Waals surface area contributed by atoms with Crippen molar-refractivity contribution in [3.63, 3.8) is 0 Å². The topological polar surface area (TPSA) is 61.8 Å². The smallest absolute Gasteiger partial charge is 0.349 e. The van der Waals surface area contributed by atoms with Crippen LogP contribution < -0.4 is 0 Å². The van der Waals surface area contributed by atoms with E-state index in [-0.39, 0.29) is 6.10 Å². The number of ether oxygens (including phenoxy) is 3. The van der Waals surface area contributed by atoms with E-state index in [9.17, 15) is 9.59 Å². The lowest BCUT2D eigenvalue weighted by Crippen LogP contribution is -2.42. The fraction of sp³-hybridized carbons (Fsp3) is 0.800. The first-order valence-electron chi connectivity index (χ1n) is 5.02. The van der Waals surface area contributed by atoms with Crippen molar-refractivity contribution in [2.45, 2.75) is 38.4 Å². The SMILES string of the molecule is COC(=O)C(OC(C)=O)C1CCCCO1. The van der Waals surface area contributed by atoms with E-state index in [4.69, 9.17) is 9.47 Å². The molecule has 0 N–H and O–H groups in total. The third-order valence-electron chi connectivity index (χ3n) is 2.28. The van der Waals surface area contributed by atoms with Gasteiger partial charge < -0.3 is 14.2 Å². The molecule has 1 aliphatic heterocycles. The molecule has 0 radical (unpaired) electrons. The van der Waals surface area contributed by atoms with Gasteiger partial charge >= 0.3 is 11.9 Å². The van der Waals surface area contributed by atoms with Crippen LogP contribution in [0.1, 0.15) is 26.2 Å². The summed E-state index contributed by atoms with van der Waals surface area (Å²) < 4.78 is 14.9. The van der Waals surface area contributed by atoms with E-state index >= 15 is 0 Å². The monoisotopic (exact) mass is 216 g/mol. The van der Waals surface area contributed by atoms with Gasteiger partial charge in [-0.05, 0) is 19.3 Å². The summed E-state index contributed by atoms with van der Waals surface area (Å²) in [5.74, 6) is -1.06. The Labute approximate surface area is 88.7 Å². The molecule has 15 heavy (non-hydrogen) atoms. The lowest BCUT2D eigenvalue weighted by atomic mass is 10.0. The Balaban J connectivity index is 2.60. The van der Waals surface area contributed by atoms with Crippen LogP contribution in [0.25, 0.3) is 0 Å².